The van der Waals surface area contributed by atoms with Crippen molar-refractivity contribution in [2.24, 2.45) is 0 Å². The molecule has 1 aliphatic heterocycles. The molecule has 1 aliphatic rings. The standard InChI is InChI=1S/C19H20F2N6O2S/c1-13-14(2)27(12-24-13)19-10-18(22-11-23-19)25-5-7-26(8-6-25)30(28,29)17-9-15(20)3-4-16(17)21/h3-4,9-12H,5-8H2,1-2H3. The van der Waals surface area contributed by atoms with Crippen molar-refractivity contribution in [1.82, 2.24) is 23.8 Å². The van der Waals surface area contributed by atoms with Gasteiger partial charge in [-0.2, -0.15) is 4.31 Å². The summed E-state index contributed by atoms with van der Waals surface area (Å²) in [4.78, 5) is 14.1. The molecule has 0 saturated carbocycles. The predicted molar refractivity (Wildman–Crippen MR) is 106 cm³/mol. The molecule has 1 saturated heterocycles. The van der Waals surface area contributed by atoms with Crippen LogP contribution in [-0.2, 0) is 10.0 Å². The number of benzene rings is 1. The lowest BCUT2D eigenvalue weighted by Crippen LogP contribution is -2.49. The Hall–Kier alpha value is -2.92. The Kier molecular flexibility index (Phi) is 5.24. The molecular weight excluding hydrogens is 414 g/mol. The highest BCUT2D eigenvalue weighted by molar-refractivity contribution is 7.89. The third-order valence-electron chi connectivity index (χ3n) is 5.21. The number of sulfonamides is 1. The molecule has 3 heterocycles. The fourth-order valence-corrected chi connectivity index (χ4v) is 4.84. The fourth-order valence-electron chi connectivity index (χ4n) is 3.34. The van der Waals surface area contributed by atoms with Crippen molar-refractivity contribution in [3.05, 3.63) is 59.9 Å². The molecule has 1 aromatic carbocycles. The smallest absolute Gasteiger partial charge is 0.246 e. The molecule has 0 unspecified atom stereocenters. The molecule has 0 spiro atoms. The Morgan fingerprint density at radius 1 is 0.933 bits per heavy atom. The second-order valence-corrected chi connectivity index (χ2v) is 8.89. The lowest BCUT2D eigenvalue weighted by atomic mass is 10.3. The number of nitrogens with zero attached hydrogens (tertiary/aromatic N) is 6. The summed E-state index contributed by atoms with van der Waals surface area (Å²) in [7, 11) is -4.13. The molecule has 11 heteroatoms. The summed E-state index contributed by atoms with van der Waals surface area (Å²) in [5, 5.41) is 0. The molecule has 1 fully saturated rings. The first-order valence-electron chi connectivity index (χ1n) is 9.30. The first kappa shape index (κ1) is 20.4. The van der Waals surface area contributed by atoms with E-state index >= 15 is 0 Å². The summed E-state index contributed by atoms with van der Waals surface area (Å²) < 4.78 is 56.0. The highest BCUT2D eigenvalue weighted by Gasteiger charge is 2.31. The van der Waals surface area contributed by atoms with Crippen molar-refractivity contribution in [3.63, 3.8) is 0 Å². The van der Waals surface area contributed by atoms with Crippen LogP contribution in [0.25, 0.3) is 5.82 Å². The Morgan fingerprint density at radius 2 is 1.63 bits per heavy atom. The SMILES string of the molecule is Cc1ncn(-c2cc(N3CCN(S(=O)(=O)c4cc(F)ccc4F)CC3)ncn2)c1C. The number of anilines is 1. The van der Waals surface area contributed by atoms with E-state index < -0.39 is 26.6 Å². The summed E-state index contributed by atoms with van der Waals surface area (Å²) >= 11 is 0. The zero-order valence-corrected chi connectivity index (χ0v) is 17.3. The third-order valence-corrected chi connectivity index (χ3v) is 7.12. The summed E-state index contributed by atoms with van der Waals surface area (Å²) in [6.07, 6.45) is 3.14. The number of imidazole rings is 1. The molecule has 30 heavy (non-hydrogen) atoms. The lowest BCUT2D eigenvalue weighted by Gasteiger charge is -2.34. The van der Waals surface area contributed by atoms with E-state index in [0.717, 1.165) is 27.8 Å². The molecule has 0 radical (unpaired) electrons. The van der Waals surface area contributed by atoms with E-state index in [1.54, 1.807) is 6.33 Å². The van der Waals surface area contributed by atoms with Crippen LogP contribution in [0.15, 0.2) is 41.8 Å². The van der Waals surface area contributed by atoms with Crippen LogP contribution in [0.5, 0.6) is 0 Å². The van der Waals surface area contributed by atoms with Gasteiger partial charge in [-0.05, 0) is 32.0 Å². The average Bonchev–Trinajstić information content (AvgIpc) is 3.08. The summed E-state index contributed by atoms with van der Waals surface area (Å²) in [6, 6.07) is 4.23. The van der Waals surface area contributed by atoms with Gasteiger partial charge in [0.25, 0.3) is 0 Å². The van der Waals surface area contributed by atoms with Gasteiger partial charge < -0.3 is 4.90 Å². The normalized spacial score (nSPS) is 15.5. The topological polar surface area (TPSA) is 84.2 Å². The van der Waals surface area contributed by atoms with Crippen LogP contribution in [0, 0.1) is 25.5 Å². The van der Waals surface area contributed by atoms with Crippen LogP contribution in [0.2, 0.25) is 0 Å². The molecule has 0 aliphatic carbocycles. The monoisotopic (exact) mass is 434 g/mol. The summed E-state index contributed by atoms with van der Waals surface area (Å²) in [5.41, 5.74) is 1.87. The van der Waals surface area contributed by atoms with Crippen LogP contribution in [0.4, 0.5) is 14.6 Å². The highest BCUT2D eigenvalue weighted by atomic mass is 32.2. The number of hydrogen-bond acceptors (Lipinski definition) is 6. The average molecular weight is 434 g/mol. The van der Waals surface area contributed by atoms with Gasteiger partial charge in [0.1, 0.15) is 40.8 Å². The fraction of sp³-hybridized carbons (Fsp3) is 0.316. The first-order chi connectivity index (χ1) is 14.3. The van der Waals surface area contributed by atoms with Gasteiger partial charge in [0, 0.05) is 37.9 Å². The zero-order valence-electron chi connectivity index (χ0n) is 16.5. The zero-order chi connectivity index (χ0) is 21.5. The molecule has 0 amide bonds. The van der Waals surface area contributed by atoms with E-state index in [2.05, 4.69) is 15.0 Å². The van der Waals surface area contributed by atoms with Crippen molar-refractivity contribution in [3.8, 4) is 5.82 Å². The van der Waals surface area contributed by atoms with Gasteiger partial charge in [-0.1, -0.05) is 0 Å². The summed E-state index contributed by atoms with van der Waals surface area (Å²) in [6.45, 7) is 4.82. The molecule has 4 rings (SSSR count). The van der Waals surface area contributed by atoms with Gasteiger partial charge in [0.2, 0.25) is 10.0 Å². The summed E-state index contributed by atoms with van der Waals surface area (Å²) in [5.74, 6) is -0.452. The first-order valence-corrected chi connectivity index (χ1v) is 10.7. The number of halogens is 2. The van der Waals surface area contributed by atoms with E-state index in [-0.39, 0.29) is 13.1 Å². The van der Waals surface area contributed by atoms with Crippen LogP contribution >= 0.6 is 0 Å². The maximum Gasteiger partial charge on any atom is 0.246 e. The second-order valence-electron chi connectivity index (χ2n) is 6.99. The van der Waals surface area contributed by atoms with E-state index in [9.17, 15) is 17.2 Å². The molecule has 0 atom stereocenters. The Bertz CT molecular complexity index is 1190. The van der Waals surface area contributed by atoms with Gasteiger partial charge in [-0.15, -0.1) is 0 Å². The van der Waals surface area contributed by atoms with Crippen molar-refractivity contribution in [2.75, 3.05) is 31.1 Å². The van der Waals surface area contributed by atoms with Crippen LogP contribution < -0.4 is 4.90 Å². The minimum absolute atomic E-state index is 0.126. The van der Waals surface area contributed by atoms with Crippen molar-refractivity contribution in [1.29, 1.82) is 0 Å². The third kappa shape index (κ3) is 3.65. The number of piperazine rings is 1. The number of aromatic nitrogens is 4. The molecule has 8 nitrogen and oxygen atoms in total. The van der Waals surface area contributed by atoms with Gasteiger partial charge >= 0.3 is 0 Å². The van der Waals surface area contributed by atoms with Gasteiger partial charge in [-0.25, -0.2) is 32.2 Å². The lowest BCUT2D eigenvalue weighted by molar-refractivity contribution is 0.381. The Morgan fingerprint density at radius 3 is 2.30 bits per heavy atom. The molecule has 2 aromatic heterocycles. The van der Waals surface area contributed by atoms with E-state index in [0.29, 0.717) is 30.8 Å². The Balaban J connectivity index is 1.52. The van der Waals surface area contributed by atoms with Gasteiger partial charge in [0.15, 0.2) is 0 Å². The molecule has 3 aromatic rings. The highest BCUT2D eigenvalue weighted by Crippen LogP contribution is 2.23. The maximum atomic E-state index is 14.0. The van der Waals surface area contributed by atoms with E-state index in [1.807, 2.05) is 29.4 Å². The van der Waals surface area contributed by atoms with Crippen molar-refractivity contribution < 1.29 is 17.2 Å². The Labute approximate surface area is 172 Å². The van der Waals surface area contributed by atoms with Crippen LogP contribution in [0.1, 0.15) is 11.4 Å². The van der Waals surface area contributed by atoms with Gasteiger partial charge in [0.05, 0.1) is 5.69 Å². The van der Waals surface area contributed by atoms with Crippen LogP contribution in [0.3, 0.4) is 0 Å². The molecule has 0 N–H and O–H groups in total. The van der Waals surface area contributed by atoms with Crippen LogP contribution in [-0.4, -0.2) is 58.4 Å². The number of aryl methyl sites for hydroxylation is 1. The minimum atomic E-state index is -4.13. The van der Waals surface area contributed by atoms with E-state index in [1.165, 1.54) is 6.33 Å². The maximum absolute atomic E-state index is 14.0. The molecule has 158 valence electrons. The van der Waals surface area contributed by atoms with Crippen molar-refractivity contribution in [2.45, 2.75) is 18.7 Å². The number of hydrogen-bond donors (Lipinski definition) is 0. The van der Waals surface area contributed by atoms with E-state index in [4.69, 9.17) is 0 Å². The van der Waals surface area contributed by atoms with Gasteiger partial charge in [-0.3, -0.25) is 4.57 Å². The van der Waals surface area contributed by atoms with Crippen molar-refractivity contribution >= 4 is 15.8 Å². The molecule has 0 bridgehead atoms. The minimum Gasteiger partial charge on any atom is -0.354 e. The number of rotatable bonds is 4. The molecular formula is C19H20F2N6O2S. The largest absolute Gasteiger partial charge is 0.354 e. The quantitative estimate of drug-likeness (QED) is 0.625. The predicted octanol–water partition coefficient (Wildman–Crippen LogP) is 2.07. The second kappa shape index (κ2) is 7.73.